The third-order valence-electron chi connectivity index (χ3n) is 2.09. The summed E-state index contributed by atoms with van der Waals surface area (Å²) < 4.78 is 11.0. The summed E-state index contributed by atoms with van der Waals surface area (Å²) in [6.07, 6.45) is 5.08. The van der Waals surface area contributed by atoms with Gasteiger partial charge in [-0.05, 0) is 36.8 Å². The van der Waals surface area contributed by atoms with Crippen molar-refractivity contribution in [3.8, 4) is 5.75 Å². The van der Waals surface area contributed by atoms with Gasteiger partial charge in [0.2, 0.25) is 0 Å². The minimum atomic E-state index is 0.486. The average molecular weight is 260 g/mol. The van der Waals surface area contributed by atoms with Crippen molar-refractivity contribution in [1.82, 2.24) is 0 Å². The molecule has 104 valence electrons. The van der Waals surface area contributed by atoms with Crippen molar-refractivity contribution in [1.29, 1.82) is 0 Å². The third kappa shape index (κ3) is 7.87. The zero-order valence-corrected chi connectivity index (χ0v) is 12.2. The lowest BCUT2D eigenvalue weighted by Crippen LogP contribution is -2.06. The van der Waals surface area contributed by atoms with Gasteiger partial charge in [-0.15, -0.1) is 0 Å². The molecular weight excluding hydrogens is 236 g/mol. The smallest absolute Gasteiger partial charge is 0.122 e. The van der Waals surface area contributed by atoms with E-state index in [4.69, 9.17) is 9.47 Å². The molecular formula is C17H24O2. The predicted molar refractivity (Wildman–Crippen MR) is 82.5 cm³/mol. The van der Waals surface area contributed by atoms with Gasteiger partial charge in [-0.2, -0.15) is 0 Å². The normalized spacial score (nSPS) is 9.95. The highest BCUT2D eigenvalue weighted by Crippen LogP contribution is 2.12. The summed E-state index contributed by atoms with van der Waals surface area (Å²) in [6, 6.07) is 7.93. The number of ether oxygens (including phenoxy) is 2. The van der Waals surface area contributed by atoms with Crippen LogP contribution in [0, 0.1) is 6.92 Å². The lowest BCUT2D eigenvalue weighted by molar-refractivity contribution is 0.164. The second-order valence-corrected chi connectivity index (χ2v) is 3.52. The van der Waals surface area contributed by atoms with Crippen LogP contribution in [0.25, 0.3) is 0 Å². The van der Waals surface area contributed by atoms with Crippen LogP contribution in [0.5, 0.6) is 5.75 Å². The van der Waals surface area contributed by atoms with E-state index in [0.29, 0.717) is 19.0 Å². The van der Waals surface area contributed by atoms with Crippen LogP contribution >= 0.6 is 0 Å². The fourth-order valence-corrected chi connectivity index (χ4v) is 1.32. The van der Waals surface area contributed by atoms with Crippen LogP contribution in [0.2, 0.25) is 0 Å². The van der Waals surface area contributed by atoms with Crippen molar-refractivity contribution in [3.05, 3.63) is 67.0 Å². The van der Waals surface area contributed by atoms with Gasteiger partial charge < -0.3 is 9.47 Å². The van der Waals surface area contributed by atoms with Crippen LogP contribution in [0.4, 0.5) is 0 Å². The van der Waals surface area contributed by atoms with Crippen molar-refractivity contribution in [2.45, 2.75) is 20.8 Å². The molecule has 0 fully saturated rings. The van der Waals surface area contributed by atoms with Gasteiger partial charge in [0.25, 0.3) is 0 Å². The molecule has 0 bridgehead atoms. The van der Waals surface area contributed by atoms with Crippen molar-refractivity contribution < 1.29 is 9.47 Å². The van der Waals surface area contributed by atoms with E-state index in [0.717, 1.165) is 5.75 Å². The van der Waals surface area contributed by atoms with E-state index in [1.807, 2.05) is 45.0 Å². The molecule has 19 heavy (non-hydrogen) atoms. The Kier molecular flexibility index (Phi) is 10.00. The predicted octanol–water partition coefficient (Wildman–Crippen LogP) is 4.67. The Balaban J connectivity index is 0.00000154. The molecule has 0 saturated heterocycles. The standard InChI is InChI=1S/C15H18O2.C2H6/c1-4-7-14(5-2)16-10-11-17-15-9-6-8-13(3)12-15;1-2/h4-9,12H,1-2,10-11H2,3H3;1-2H3/b14-7+;. The number of hydrogen-bond acceptors (Lipinski definition) is 2. The van der Waals surface area contributed by atoms with Crippen molar-refractivity contribution in [2.24, 2.45) is 0 Å². The maximum atomic E-state index is 5.55. The fourth-order valence-electron chi connectivity index (χ4n) is 1.32. The van der Waals surface area contributed by atoms with Crippen LogP contribution in [-0.4, -0.2) is 13.2 Å². The molecule has 2 heteroatoms. The van der Waals surface area contributed by atoms with Gasteiger partial charge in [0.05, 0.1) is 0 Å². The molecule has 0 spiro atoms. The number of rotatable bonds is 7. The first kappa shape index (κ1) is 17.0. The van der Waals surface area contributed by atoms with Gasteiger partial charge in [0.15, 0.2) is 0 Å². The van der Waals surface area contributed by atoms with Gasteiger partial charge in [0.1, 0.15) is 24.7 Å². The molecule has 0 aliphatic rings. The summed E-state index contributed by atoms with van der Waals surface area (Å²) >= 11 is 0. The summed E-state index contributed by atoms with van der Waals surface area (Å²) in [5.41, 5.74) is 1.18. The van der Waals surface area contributed by atoms with Crippen molar-refractivity contribution >= 4 is 0 Å². The summed E-state index contributed by atoms with van der Waals surface area (Å²) in [7, 11) is 0. The molecule has 0 N–H and O–H groups in total. The highest BCUT2D eigenvalue weighted by Gasteiger charge is 1.95. The van der Waals surface area contributed by atoms with E-state index in [2.05, 4.69) is 13.2 Å². The average Bonchev–Trinajstić information content (AvgIpc) is 2.44. The van der Waals surface area contributed by atoms with E-state index in [9.17, 15) is 0 Å². The highest BCUT2D eigenvalue weighted by molar-refractivity contribution is 5.27. The van der Waals surface area contributed by atoms with Gasteiger partial charge >= 0.3 is 0 Å². The first-order valence-electron chi connectivity index (χ1n) is 6.53. The quantitative estimate of drug-likeness (QED) is 0.403. The van der Waals surface area contributed by atoms with Crippen LogP contribution in [0.1, 0.15) is 19.4 Å². The molecule has 0 atom stereocenters. The molecule has 1 aromatic carbocycles. The molecule has 0 amide bonds. The maximum absolute atomic E-state index is 5.55. The van der Waals surface area contributed by atoms with E-state index in [-0.39, 0.29) is 0 Å². The lowest BCUT2D eigenvalue weighted by atomic mass is 10.2. The van der Waals surface area contributed by atoms with Crippen LogP contribution < -0.4 is 4.74 Å². The van der Waals surface area contributed by atoms with Crippen molar-refractivity contribution in [2.75, 3.05) is 13.2 Å². The van der Waals surface area contributed by atoms with Gasteiger partial charge in [0, 0.05) is 0 Å². The third-order valence-corrected chi connectivity index (χ3v) is 2.09. The molecule has 0 radical (unpaired) electrons. The van der Waals surface area contributed by atoms with Gasteiger partial charge in [-0.25, -0.2) is 0 Å². The highest BCUT2D eigenvalue weighted by atomic mass is 16.5. The summed E-state index contributed by atoms with van der Waals surface area (Å²) in [4.78, 5) is 0. The molecule has 0 saturated carbocycles. The maximum Gasteiger partial charge on any atom is 0.122 e. The van der Waals surface area contributed by atoms with E-state index in [1.54, 1.807) is 18.2 Å². The van der Waals surface area contributed by atoms with Crippen LogP contribution in [0.15, 0.2) is 61.4 Å². The molecule has 0 aromatic heterocycles. The molecule has 1 aromatic rings. The summed E-state index contributed by atoms with van der Waals surface area (Å²) in [5.74, 6) is 1.56. The molecule has 1 rings (SSSR count). The molecule has 0 aliphatic carbocycles. The molecule has 2 nitrogen and oxygen atoms in total. The SMILES string of the molecule is C=C/C=C(\C=C)OCCOc1cccc(C)c1.CC. The minimum Gasteiger partial charge on any atom is -0.490 e. The Hall–Kier alpha value is -1.96. The fraction of sp³-hybridized carbons (Fsp3) is 0.294. The Bertz CT molecular complexity index is 405. The van der Waals surface area contributed by atoms with Crippen LogP contribution in [0.3, 0.4) is 0 Å². The molecule has 0 heterocycles. The number of benzene rings is 1. The Labute approximate surface area is 117 Å². The van der Waals surface area contributed by atoms with Gasteiger partial charge in [-0.3, -0.25) is 0 Å². The Morgan fingerprint density at radius 2 is 1.95 bits per heavy atom. The first-order valence-corrected chi connectivity index (χ1v) is 6.53. The second-order valence-electron chi connectivity index (χ2n) is 3.52. The van der Waals surface area contributed by atoms with E-state index < -0.39 is 0 Å². The van der Waals surface area contributed by atoms with E-state index >= 15 is 0 Å². The van der Waals surface area contributed by atoms with Crippen LogP contribution in [-0.2, 0) is 4.74 Å². The monoisotopic (exact) mass is 260 g/mol. The topological polar surface area (TPSA) is 18.5 Å². The van der Waals surface area contributed by atoms with Crippen molar-refractivity contribution in [3.63, 3.8) is 0 Å². The zero-order chi connectivity index (χ0) is 14.5. The minimum absolute atomic E-state index is 0.486. The summed E-state index contributed by atoms with van der Waals surface area (Å²) in [6.45, 7) is 14.3. The number of allylic oxidation sites excluding steroid dienone is 3. The van der Waals surface area contributed by atoms with E-state index in [1.165, 1.54) is 5.56 Å². The van der Waals surface area contributed by atoms with Gasteiger partial charge in [-0.1, -0.05) is 45.2 Å². The summed E-state index contributed by atoms with van der Waals surface area (Å²) in [5, 5.41) is 0. The molecule has 0 unspecified atom stereocenters. The first-order chi connectivity index (χ1) is 9.26. The largest absolute Gasteiger partial charge is 0.490 e. The Morgan fingerprint density at radius 3 is 2.53 bits per heavy atom. The Morgan fingerprint density at radius 1 is 1.21 bits per heavy atom. The number of hydrogen-bond donors (Lipinski definition) is 0. The second kappa shape index (κ2) is 11.1. The molecule has 0 aliphatic heterocycles. The number of aryl methyl sites for hydroxylation is 1. The lowest BCUT2D eigenvalue weighted by Gasteiger charge is -2.08. The zero-order valence-electron chi connectivity index (χ0n) is 12.2.